The van der Waals surface area contributed by atoms with E-state index in [-0.39, 0.29) is 49.3 Å². The number of ether oxygens (including phenoxy) is 4. The Morgan fingerprint density at radius 2 is 1.71 bits per heavy atom. The summed E-state index contributed by atoms with van der Waals surface area (Å²) in [6, 6.07) is -1.09. The van der Waals surface area contributed by atoms with Crippen LogP contribution in [-0.4, -0.2) is 102 Å². The fraction of sp³-hybridized carbons (Fsp3) is 0.750. The van der Waals surface area contributed by atoms with Crippen LogP contribution < -0.4 is 0 Å². The zero-order valence-electron chi connectivity index (χ0n) is 32.3. The average Bonchev–Trinajstić information content (AvgIpc) is 3.08. The van der Waals surface area contributed by atoms with Crippen LogP contribution in [0.15, 0.2) is 36.0 Å². The highest BCUT2D eigenvalue weighted by molar-refractivity contribution is 6.39. The summed E-state index contributed by atoms with van der Waals surface area (Å²) in [5.41, 5.74) is 1.26. The summed E-state index contributed by atoms with van der Waals surface area (Å²) >= 11 is 0. The van der Waals surface area contributed by atoms with Gasteiger partial charge in [0.1, 0.15) is 18.2 Å². The fourth-order valence-corrected chi connectivity index (χ4v) is 8.05. The van der Waals surface area contributed by atoms with Crippen molar-refractivity contribution in [1.82, 2.24) is 4.90 Å². The molecule has 3 aliphatic heterocycles. The Balaban J connectivity index is 2.13. The van der Waals surface area contributed by atoms with Crippen LogP contribution in [0.4, 0.5) is 0 Å². The number of esters is 1. The summed E-state index contributed by atoms with van der Waals surface area (Å²) in [6.45, 7) is 17.2. The maximum atomic E-state index is 14.1. The number of amides is 1. The molecule has 2 bridgehead atoms. The van der Waals surface area contributed by atoms with E-state index in [9.17, 15) is 29.4 Å². The molecule has 0 saturated carbocycles. The lowest BCUT2D eigenvalue weighted by Crippen LogP contribution is -2.64. The summed E-state index contributed by atoms with van der Waals surface area (Å²) in [5.74, 6) is -6.91. The molecule has 0 aromatic carbocycles. The lowest BCUT2D eigenvalue weighted by molar-refractivity contribution is -0.302. The van der Waals surface area contributed by atoms with Gasteiger partial charge in [-0.05, 0) is 80.8 Å². The number of hydrogen-bond acceptors (Lipinski definition) is 10. The third-order valence-electron chi connectivity index (χ3n) is 10.8. The number of carbonyl (C=O) groups excluding carboxylic acids is 4. The molecule has 11 atom stereocenters. The first-order valence-corrected chi connectivity index (χ1v) is 18.7. The zero-order chi connectivity index (χ0) is 38.2. The molecule has 11 heteroatoms. The Kier molecular flexibility index (Phi) is 15.8. The van der Waals surface area contributed by atoms with Crippen molar-refractivity contribution in [2.45, 2.75) is 142 Å². The summed E-state index contributed by atoms with van der Waals surface area (Å²) in [7, 11) is 3.07. The average molecular weight is 718 g/mol. The number of carbonyl (C=O) groups is 4. The molecule has 0 radical (unpaired) electrons. The standard InChI is InChI=1S/C40H63NO10/c1-11-14-29-19-24(4)18-25(5)20-33(48-9)36-34(49-10)21-27(7)40(47,51-36)37(44)38(45)41-16-13-12-15-30(41)39(46)50-35(26(6)17-23(2)3)28(8)31(42)22-32(29)43/h11,17,19,23-25,27-28,30-31,33-36,42,47H,1,12-16,18,20-22H2,2-10H3/b26-17?,29-19+. The molecule has 0 aromatic rings. The Labute approximate surface area is 304 Å². The van der Waals surface area contributed by atoms with E-state index in [2.05, 4.69) is 13.5 Å². The predicted octanol–water partition coefficient (Wildman–Crippen LogP) is 5.12. The molecule has 3 heterocycles. The largest absolute Gasteiger partial charge is 0.456 e. The minimum absolute atomic E-state index is 0.0240. The first-order valence-electron chi connectivity index (χ1n) is 18.7. The highest BCUT2D eigenvalue weighted by Gasteiger charge is 2.56. The van der Waals surface area contributed by atoms with Gasteiger partial charge in [0.25, 0.3) is 11.7 Å². The number of fused-ring (bicyclic) bond motifs is 3. The van der Waals surface area contributed by atoms with Crippen LogP contribution in [0.25, 0.3) is 0 Å². The van der Waals surface area contributed by atoms with Gasteiger partial charge in [0.05, 0.1) is 18.3 Å². The summed E-state index contributed by atoms with van der Waals surface area (Å²) < 4.78 is 24.0. The lowest BCUT2D eigenvalue weighted by atomic mass is 9.81. The van der Waals surface area contributed by atoms with Crippen LogP contribution in [0.1, 0.15) is 99.8 Å². The van der Waals surface area contributed by atoms with Crippen molar-refractivity contribution in [2.75, 3.05) is 20.8 Å². The number of methoxy groups -OCH3 is 2. The zero-order valence-corrected chi connectivity index (χ0v) is 32.3. The quantitative estimate of drug-likeness (QED) is 0.216. The number of Topliss-reactive ketones (excluding diaryl/α,β-unsaturated/α-hetero) is 2. The van der Waals surface area contributed by atoms with Crippen LogP contribution in [0, 0.1) is 29.6 Å². The van der Waals surface area contributed by atoms with Crippen LogP contribution in [0.3, 0.4) is 0 Å². The van der Waals surface area contributed by atoms with E-state index in [4.69, 9.17) is 18.9 Å². The molecule has 288 valence electrons. The van der Waals surface area contributed by atoms with E-state index in [0.717, 1.165) is 0 Å². The number of aliphatic hydroxyl groups excluding tert-OH is 1. The molecule has 0 spiro atoms. The summed E-state index contributed by atoms with van der Waals surface area (Å²) in [4.78, 5) is 57.0. The van der Waals surface area contributed by atoms with Gasteiger partial charge < -0.3 is 34.1 Å². The molecule has 3 aliphatic rings. The van der Waals surface area contributed by atoms with Crippen molar-refractivity contribution in [3.05, 3.63) is 36.0 Å². The molecule has 2 N–H and O–H groups in total. The van der Waals surface area contributed by atoms with Crippen molar-refractivity contribution >= 4 is 23.4 Å². The second-order valence-electron chi connectivity index (χ2n) is 15.6. The molecular formula is C40H63NO10. The smallest absolute Gasteiger partial charge is 0.329 e. The normalized spacial score (nSPS) is 38.3. The Morgan fingerprint density at radius 3 is 2.31 bits per heavy atom. The minimum atomic E-state index is -2.48. The van der Waals surface area contributed by atoms with Gasteiger partial charge in [0, 0.05) is 39.0 Å². The van der Waals surface area contributed by atoms with Crippen molar-refractivity contribution in [3.63, 3.8) is 0 Å². The third kappa shape index (κ3) is 10.5. The number of nitrogens with zero attached hydrogens (tertiary/aromatic N) is 1. The van der Waals surface area contributed by atoms with Gasteiger partial charge >= 0.3 is 5.97 Å². The van der Waals surface area contributed by atoms with Gasteiger partial charge in [-0.25, -0.2) is 4.79 Å². The SMILES string of the molecule is C=CC/C1=C\C(C)CC(C)CC(OC)C2OC(O)(C(=O)C(=O)N3CCCCC3C(=O)OC(C(C)=CC(C)C)C(C)C(O)CC1=O)C(C)CC2OC. The van der Waals surface area contributed by atoms with Gasteiger partial charge in [0.15, 0.2) is 5.78 Å². The van der Waals surface area contributed by atoms with E-state index in [1.54, 1.807) is 19.9 Å². The Morgan fingerprint density at radius 1 is 1.06 bits per heavy atom. The molecule has 1 amide bonds. The van der Waals surface area contributed by atoms with Crippen molar-refractivity contribution in [1.29, 1.82) is 0 Å². The van der Waals surface area contributed by atoms with Crippen molar-refractivity contribution < 1.29 is 48.3 Å². The van der Waals surface area contributed by atoms with Gasteiger partial charge in [-0.15, -0.1) is 6.58 Å². The number of allylic oxidation sites excluding steroid dienone is 4. The van der Waals surface area contributed by atoms with E-state index in [0.29, 0.717) is 43.3 Å². The maximum Gasteiger partial charge on any atom is 0.329 e. The monoisotopic (exact) mass is 717 g/mol. The van der Waals surface area contributed by atoms with Gasteiger partial charge in [-0.2, -0.15) is 0 Å². The van der Waals surface area contributed by atoms with Gasteiger partial charge in [0.2, 0.25) is 5.79 Å². The van der Waals surface area contributed by atoms with E-state index in [1.807, 2.05) is 39.8 Å². The molecule has 3 rings (SSSR count). The number of ketones is 2. The molecule has 51 heavy (non-hydrogen) atoms. The third-order valence-corrected chi connectivity index (χ3v) is 10.8. The van der Waals surface area contributed by atoms with Crippen LogP contribution in [-0.2, 0) is 38.1 Å². The Hall–Kier alpha value is -2.70. The number of rotatable bonds is 6. The first-order chi connectivity index (χ1) is 24.0. The number of aliphatic hydroxyl groups is 2. The number of hydrogen-bond donors (Lipinski definition) is 2. The molecule has 0 aromatic heterocycles. The van der Waals surface area contributed by atoms with Crippen molar-refractivity contribution in [3.8, 4) is 0 Å². The highest BCUT2D eigenvalue weighted by atomic mass is 16.7. The fourth-order valence-electron chi connectivity index (χ4n) is 8.05. The number of piperidine rings is 1. The molecule has 2 saturated heterocycles. The summed E-state index contributed by atoms with van der Waals surface area (Å²) in [5, 5.41) is 23.4. The van der Waals surface area contributed by atoms with E-state index >= 15 is 0 Å². The van der Waals surface area contributed by atoms with Crippen LogP contribution in [0.2, 0.25) is 0 Å². The van der Waals surface area contributed by atoms with Crippen LogP contribution in [0.5, 0.6) is 0 Å². The van der Waals surface area contributed by atoms with Gasteiger partial charge in [-0.3, -0.25) is 14.4 Å². The van der Waals surface area contributed by atoms with Crippen molar-refractivity contribution in [2.24, 2.45) is 29.6 Å². The van der Waals surface area contributed by atoms with E-state index < -0.39 is 71.8 Å². The molecule has 11 nitrogen and oxygen atoms in total. The predicted molar refractivity (Wildman–Crippen MR) is 193 cm³/mol. The molecule has 11 unspecified atom stereocenters. The maximum absolute atomic E-state index is 14.1. The van der Waals surface area contributed by atoms with Gasteiger partial charge in [-0.1, -0.05) is 59.8 Å². The molecule has 2 fully saturated rings. The molecule has 0 aliphatic carbocycles. The van der Waals surface area contributed by atoms with Crippen LogP contribution >= 0.6 is 0 Å². The minimum Gasteiger partial charge on any atom is -0.456 e. The highest BCUT2D eigenvalue weighted by Crippen LogP contribution is 2.39. The second-order valence-corrected chi connectivity index (χ2v) is 15.6. The first kappa shape index (κ1) is 42.7. The van der Waals surface area contributed by atoms with E-state index in [1.165, 1.54) is 19.1 Å². The molecular weight excluding hydrogens is 654 g/mol. The number of cyclic esters (lactones) is 1. The summed E-state index contributed by atoms with van der Waals surface area (Å²) in [6.07, 6.45) is 4.50. The lowest BCUT2D eigenvalue weighted by Gasteiger charge is -2.47. The second kappa shape index (κ2) is 18.9. The Bertz CT molecular complexity index is 1310. The topological polar surface area (TPSA) is 149 Å².